The van der Waals surface area contributed by atoms with Crippen molar-refractivity contribution in [2.45, 2.75) is 27.2 Å². The van der Waals surface area contributed by atoms with Gasteiger partial charge in [0.1, 0.15) is 0 Å². The minimum absolute atomic E-state index is 0.0737. The summed E-state index contributed by atoms with van der Waals surface area (Å²) < 4.78 is 5.00. The van der Waals surface area contributed by atoms with Crippen molar-refractivity contribution in [1.82, 2.24) is 4.90 Å². The molecule has 1 saturated carbocycles. The maximum Gasteiger partial charge on any atom is 0.309 e. The molecule has 0 saturated heterocycles. The average molecular weight is 332 g/mol. The second-order valence-corrected chi connectivity index (χ2v) is 6.49. The van der Waals surface area contributed by atoms with E-state index in [1.54, 1.807) is 0 Å². The predicted octanol–water partition coefficient (Wildman–Crippen LogP) is 1.90. The Morgan fingerprint density at radius 3 is 2.38 bits per heavy atom. The number of benzene rings is 1. The molecule has 2 amide bonds. The van der Waals surface area contributed by atoms with Gasteiger partial charge in [-0.15, -0.1) is 0 Å². The average Bonchev–Trinajstić information content (AvgIpc) is 3.25. The largest absolute Gasteiger partial charge is 0.455 e. The summed E-state index contributed by atoms with van der Waals surface area (Å²) in [6.45, 7) is 5.38. The lowest BCUT2D eigenvalue weighted by molar-refractivity contribution is -0.153. The molecule has 1 aliphatic rings. The molecule has 0 bridgehead atoms. The lowest BCUT2D eigenvalue weighted by atomic mass is 10.1. The number of anilines is 1. The highest BCUT2D eigenvalue weighted by molar-refractivity contribution is 5.96. The summed E-state index contributed by atoms with van der Waals surface area (Å²) in [5, 5.41) is 2.82. The highest BCUT2D eigenvalue weighted by Crippen LogP contribution is 2.38. The van der Waals surface area contributed by atoms with Crippen LogP contribution in [0.5, 0.6) is 0 Å². The number of esters is 1. The number of nitrogens with zero attached hydrogens (tertiary/aromatic N) is 1. The summed E-state index contributed by atoms with van der Waals surface area (Å²) in [7, 11) is 1.51. The minimum Gasteiger partial charge on any atom is -0.455 e. The second kappa shape index (κ2) is 7.47. The molecule has 1 aromatic carbocycles. The zero-order valence-corrected chi connectivity index (χ0v) is 14.6. The Kier molecular flexibility index (Phi) is 5.59. The molecule has 24 heavy (non-hydrogen) atoms. The van der Waals surface area contributed by atoms with Crippen LogP contribution in [0.4, 0.5) is 5.69 Å². The minimum atomic E-state index is -0.395. The Hall–Kier alpha value is -2.37. The maximum atomic E-state index is 12.1. The van der Waals surface area contributed by atoms with Gasteiger partial charge in [0.25, 0.3) is 5.91 Å². The summed E-state index contributed by atoms with van der Waals surface area (Å²) >= 11 is 0. The highest BCUT2D eigenvalue weighted by Gasteiger charge is 2.40. The SMILES string of the molecule is Cc1cccc(C)c1NC(=O)CN(C)C(=O)COC(=O)[C@@H]1C[C@H]1C. The fourth-order valence-electron chi connectivity index (χ4n) is 2.49. The monoisotopic (exact) mass is 332 g/mol. The summed E-state index contributed by atoms with van der Waals surface area (Å²) in [6.07, 6.45) is 0.820. The number of amides is 2. The molecule has 0 aromatic heterocycles. The normalized spacial score (nSPS) is 18.7. The zero-order chi connectivity index (χ0) is 17.9. The molecule has 0 aliphatic heterocycles. The molecule has 2 atom stereocenters. The molecule has 130 valence electrons. The first-order chi connectivity index (χ1) is 11.3. The molecule has 1 N–H and O–H groups in total. The Morgan fingerprint density at radius 1 is 1.25 bits per heavy atom. The molecule has 6 nitrogen and oxygen atoms in total. The van der Waals surface area contributed by atoms with Crippen molar-refractivity contribution >= 4 is 23.5 Å². The van der Waals surface area contributed by atoms with Gasteiger partial charge in [0.15, 0.2) is 6.61 Å². The van der Waals surface area contributed by atoms with E-state index in [-0.39, 0.29) is 30.9 Å². The molecule has 0 radical (unpaired) electrons. The van der Waals surface area contributed by atoms with Gasteiger partial charge in [-0.05, 0) is 37.3 Å². The van der Waals surface area contributed by atoms with E-state index >= 15 is 0 Å². The van der Waals surface area contributed by atoms with Crippen LogP contribution >= 0.6 is 0 Å². The third-order valence-corrected chi connectivity index (χ3v) is 4.30. The van der Waals surface area contributed by atoms with Crippen molar-refractivity contribution in [3.05, 3.63) is 29.3 Å². The van der Waals surface area contributed by atoms with Crippen LogP contribution in [-0.2, 0) is 19.1 Å². The maximum absolute atomic E-state index is 12.1. The number of ether oxygens (including phenoxy) is 1. The second-order valence-electron chi connectivity index (χ2n) is 6.49. The van der Waals surface area contributed by atoms with Crippen LogP contribution < -0.4 is 5.32 Å². The number of carbonyl (C=O) groups excluding carboxylic acids is 3. The van der Waals surface area contributed by atoms with Gasteiger partial charge in [-0.1, -0.05) is 25.1 Å². The van der Waals surface area contributed by atoms with Crippen LogP contribution in [0.25, 0.3) is 0 Å². The van der Waals surface area contributed by atoms with Crippen molar-refractivity contribution < 1.29 is 19.1 Å². The van der Waals surface area contributed by atoms with Crippen molar-refractivity contribution in [3.8, 4) is 0 Å². The molecule has 0 spiro atoms. The summed E-state index contributed by atoms with van der Waals surface area (Å²) in [5.74, 6) is -0.744. The highest BCUT2D eigenvalue weighted by atomic mass is 16.5. The molecule has 1 aromatic rings. The van der Waals surface area contributed by atoms with E-state index in [2.05, 4.69) is 5.32 Å². The topological polar surface area (TPSA) is 75.7 Å². The molecular formula is C18H24N2O4. The number of para-hydroxylation sites is 1. The zero-order valence-electron chi connectivity index (χ0n) is 14.6. The Balaban J connectivity index is 1.80. The summed E-state index contributed by atoms with van der Waals surface area (Å²) in [4.78, 5) is 36.9. The molecular weight excluding hydrogens is 308 g/mol. The molecule has 1 aliphatic carbocycles. The van der Waals surface area contributed by atoms with E-state index in [1.165, 1.54) is 11.9 Å². The number of likely N-dealkylation sites (N-methyl/N-ethyl adjacent to an activating group) is 1. The van der Waals surface area contributed by atoms with Gasteiger partial charge < -0.3 is 15.0 Å². The van der Waals surface area contributed by atoms with Gasteiger partial charge in [0.2, 0.25) is 5.91 Å². The number of hydrogen-bond acceptors (Lipinski definition) is 4. The van der Waals surface area contributed by atoms with Gasteiger partial charge in [-0.3, -0.25) is 14.4 Å². The molecule has 6 heteroatoms. The lowest BCUT2D eigenvalue weighted by Crippen LogP contribution is -2.37. The molecule has 0 heterocycles. The van der Waals surface area contributed by atoms with E-state index in [1.807, 2.05) is 39.0 Å². The third-order valence-electron chi connectivity index (χ3n) is 4.30. The standard InChI is InChI=1S/C18H24N2O4/c1-11-6-5-7-12(2)17(11)19-15(21)9-20(4)16(22)10-24-18(23)14-8-13(14)3/h5-7,13-14H,8-10H2,1-4H3,(H,19,21)/t13-,14-/m1/s1. The first-order valence-electron chi connectivity index (χ1n) is 8.06. The third kappa shape index (κ3) is 4.57. The number of rotatable bonds is 6. The summed E-state index contributed by atoms with van der Waals surface area (Å²) in [5.41, 5.74) is 2.69. The fourth-order valence-corrected chi connectivity index (χ4v) is 2.49. The van der Waals surface area contributed by atoms with E-state index in [0.717, 1.165) is 23.2 Å². The number of hydrogen-bond donors (Lipinski definition) is 1. The van der Waals surface area contributed by atoms with Crippen LogP contribution in [0.1, 0.15) is 24.5 Å². The van der Waals surface area contributed by atoms with Crippen LogP contribution in [0.3, 0.4) is 0 Å². The van der Waals surface area contributed by atoms with Crippen molar-refractivity contribution in [2.24, 2.45) is 11.8 Å². The van der Waals surface area contributed by atoms with Crippen LogP contribution in [0.15, 0.2) is 18.2 Å². The number of carbonyl (C=O) groups is 3. The number of aryl methyl sites for hydroxylation is 2. The van der Waals surface area contributed by atoms with Crippen LogP contribution in [0.2, 0.25) is 0 Å². The lowest BCUT2D eigenvalue weighted by Gasteiger charge is -2.18. The molecule has 0 unspecified atom stereocenters. The van der Waals surface area contributed by atoms with E-state index in [4.69, 9.17) is 4.74 Å². The van der Waals surface area contributed by atoms with Gasteiger partial charge in [0, 0.05) is 12.7 Å². The van der Waals surface area contributed by atoms with Gasteiger partial charge in [-0.25, -0.2) is 0 Å². The summed E-state index contributed by atoms with van der Waals surface area (Å²) in [6, 6.07) is 5.75. The Morgan fingerprint density at radius 2 is 1.83 bits per heavy atom. The van der Waals surface area contributed by atoms with Crippen molar-refractivity contribution in [2.75, 3.05) is 25.5 Å². The van der Waals surface area contributed by atoms with Crippen LogP contribution in [-0.4, -0.2) is 42.9 Å². The Labute approximate surface area is 142 Å². The predicted molar refractivity (Wildman–Crippen MR) is 90.4 cm³/mol. The van der Waals surface area contributed by atoms with Gasteiger partial charge in [0.05, 0.1) is 12.5 Å². The van der Waals surface area contributed by atoms with Crippen molar-refractivity contribution in [3.63, 3.8) is 0 Å². The molecule has 2 rings (SSSR count). The van der Waals surface area contributed by atoms with Gasteiger partial charge >= 0.3 is 5.97 Å². The number of nitrogens with one attached hydrogen (secondary N) is 1. The first kappa shape index (κ1) is 18.0. The Bertz CT molecular complexity index is 636. The van der Waals surface area contributed by atoms with Crippen LogP contribution in [0, 0.1) is 25.7 Å². The van der Waals surface area contributed by atoms with E-state index in [9.17, 15) is 14.4 Å². The van der Waals surface area contributed by atoms with Crippen molar-refractivity contribution in [1.29, 1.82) is 0 Å². The quantitative estimate of drug-likeness (QED) is 0.807. The smallest absolute Gasteiger partial charge is 0.309 e. The van der Waals surface area contributed by atoms with E-state index < -0.39 is 5.91 Å². The first-order valence-corrected chi connectivity index (χ1v) is 8.06. The molecule has 1 fully saturated rings. The van der Waals surface area contributed by atoms with Gasteiger partial charge in [-0.2, -0.15) is 0 Å². The fraction of sp³-hybridized carbons (Fsp3) is 0.500. The van der Waals surface area contributed by atoms with E-state index in [0.29, 0.717) is 5.92 Å².